The first-order valence-electron chi connectivity index (χ1n) is 8.64. The maximum Gasteiger partial charge on any atom is 0.434 e. The van der Waals surface area contributed by atoms with Crippen LogP contribution in [0.4, 0.5) is 32.2 Å². The van der Waals surface area contributed by atoms with Crippen molar-refractivity contribution in [3.05, 3.63) is 56.9 Å². The third-order valence-corrected chi connectivity index (χ3v) is 5.13. The van der Waals surface area contributed by atoms with Crippen molar-refractivity contribution in [2.75, 3.05) is 5.32 Å². The van der Waals surface area contributed by atoms with Crippen LogP contribution in [0.15, 0.2) is 28.7 Å². The number of rotatable bonds is 3. The molecule has 1 N–H and O–H groups in total. The van der Waals surface area contributed by atoms with Crippen molar-refractivity contribution in [1.82, 2.24) is 15.0 Å². The van der Waals surface area contributed by atoms with E-state index in [1.807, 2.05) is 0 Å². The average Bonchev–Trinajstić information content (AvgIpc) is 2.60. The van der Waals surface area contributed by atoms with Crippen molar-refractivity contribution in [1.29, 1.82) is 0 Å². The summed E-state index contributed by atoms with van der Waals surface area (Å²) < 4.78 is 78.8. The smallest absolute Gasteiger partial charge is 0.363 e. The Bertz CT molecular complexity index is 1110. The molecule has 160 valence electrons. The minimum Gasteiger partial charge on any atom is -0.363 e. The lowest BCUT2D eigenvalue weighted by Gasteiger charge is -2.21. The summed E-state index contributed by atoms with van der Waals surface area (Å²) >= 11 is 2.87. The second kappa shape index (κ2) is 7.68. The average molecular weight is 493 g/mol. The molecule has 0 saturated carbocycles. The van der Waals surface area contributed by atoms with Gasteiger partial charge in [0.2, 0.25) is 0 Å². The highest BCUT2D eigenvalue weighted by Crippen LogP contribution is 2.38. The van der Waals surface area contributed by atoms with Crippen molar-refractivity contribution < 1.29 is 26.3 Å². The Hall–Kier alpha value is -2.43. The first kappa shape index (κ1) is 22.3. The minimum atomic E-state index is -4.68. The lowest BCUT2D eigenvalue weighted by Crippen LogP contribution is -2.15. The van der Waals surface area contributed by atoms with Gasteiger partial charge in [0.05, 0.1) is 17.0 Å². The summed E-state index contributed by atoms with van der Waals surface area (Å²) in [5.41, 5.74) is -1.61. The van der Waals surface area contributed by atoms with E-state index in [9.17, 15) is 26.3 Å². The molecule has 2 aromatic heterocycles. The van der Waals surface area contributed by atoms with Gasteiger partial charge in [-0.05, 0) is 60.0 Å². The van der Waals surface area contributed by atoms with Crippen LogP contribution in [0.25, 0.3) is 11.0 Å². The highest BCUT2D eigenvalue weighted by molar-refractivity contribution is 9.10. The molecule has 3 aromatic rings. The maximum atomic E-state index is 13.2. The van der Waals surface area contributed by atoms with Crippen LogP contribution in [0.1, 0.15) is 41.2 Å². The summed E-state index contributed by atoms with van der Waals surface area (Å²) in [4.78, 5) is 11.8. The lowest BCUT2D eigenvalue weighted by atomic mass is 9.97. The molecule has 11 heteroatoms. The van der Waals surface area contributed by atoms with Crippen LogP contribution in [0, 0.1) is 13.8 Å². The number of nitrogens with zero attached hydrogens (tertiary/aromatic N) is 3. The largest absolute Gasteiger partial charge is 0.434 e. The van der Waals surface area contributed by atoms with Gasteiger partial charge in [-0.2, -0.15) is 26.3 Å². The molecule has 0 fully saturated rings. The number of hydrogen-bond acceptors (Lipinski definition) is 4. The Morgan fingerprint density at radius 3 is 2.23 bits per heavy atom. The van der Waals surface area contributed by atoms with Gasteiger partial charge >= 0.3 is 12.4 Å². The summed E-state index contributed by atoms with van der Waals surface area (Å²) in [5, 5.41) is 3.19. The van der Waals surface area contributed by atoms with Crippen molar-refractivity contribution in [3.63, 3.8) is 0 Å². The predicted molar refractivity (Wildman–Crippen MR) is 103 cm³/mol. The summed E-state index contributed by atoms with van der Waals surface area (Å²) in [6.07, 6.45) is -9.18. The summed E-state index contributed by atoms with van der Waals surface area (Å²) in [6, 6.07) is 4.43. The molecule has 0 aliphatic carbocycles. The van der Waals surface area contributed by atoms with Gasteiger partial charge in [-0.3, -0.25) is 0 Å². The molecule has 0 saturated heterocycles. The maximum absolute atomic E-state index is 13.2. The number of anilines is 1. The van der Waals surface area contributed by atoms with Gasteiger partial charge in [-0.1, -0.05) is 12.1 Å². The zero-order chi connectivity index (χ0) is 22.4. The molecular formula is C19H15BrF6N4. The molecule has 0 unspecified atom stereocenters. The normalized spacial score (nSPS) is 13.5. The number of nitrogens with one attached hydrogen (secondary N) is 1. The second-order valence-corrected chi connectivity index (χ2v) is 7.55. The molecule has 0 bridgehead atoms. The standard InChI is InChI=1S/C19H15BrF6N4/c1-8-11(5-4-6-13(8)18(21,22)23)9(2)27-16-12-7-14(20)15(19(24,25)26)30-17(12)29-10(3)28-16/h4-7,9H,1-3H3,(H,27,28,29,30)/t9-/m1/s1. The molecule has 0 aliphatic heterocycles. The van der Waals surface area contributed by atoms with E-state index in [4.69, 9.17) is 0 Å². The fourth-order valence-electron chi connectivity index (χ4n) is 3.16. The predicted octanol–water partition coefficient (Wildman–Crippen LogP) is 6.61. The second-order valence-electron chi connectivity index (χ2n) is 6.69. The molecule has 0 amide bonds. The Balaban J connectivity index is 2.07. The number of aryl methyl sites for hydroxylation is 1. The molecule has 30 heavy (non-hydrogen) atoms. The molecule has 4 nitrogen and oxygen atoms in total. The number of hydrogen-bond donors (Lipinski definition) is 1. The van der Waals surface area contributed by atoms with Crippen molar-refractivity contribution in [2.45, 2.75) is 39.2 Å². The zero-order valence-corrected chi connectivity index (χ0v) is 17.5. The van der Waals surface area contributed by atoms with E-state index in [2.05, 4.69) is 36.2 Å². The van der Waals surface area contributed by atoms with Crippen molar-refractivity contribution in [3.8, 4) is 0 Å². The Morgan fingerprint density at radius 1 is 0.967 bits per heavy atom. The van der Waals surface area contributed by atoms with Gasteiger partial charge in [-0.25, -0.2) is 15.0 Å². The van der Waals surface area contributed by atoms with Gasteiger partial charge in [0.15, 0.2) is 11.3 Å². The molecule has 3 rings (SSSR count). The summed E-state index contributed by atoms with van der Waals surface area (Å²) in [7, 11) is 0. The molecule has 1 atom stereocenters. The first-order chi connectivity index (χ1) is 13.8. The van der Waals surface area contributed by atoms with Gasteiger partial charge in [0, 0.05) is 4.47 Å². The van der Waals surface area contributed by atoms with Gasteiger partial charge in [-0.15, -0.1) is 0 Å². The van der Waals surface area contributed by atoms with E-state index >= 15 is 0 Å². The molecule has 1 aromatic carbocycles. The number of pyridine rings is 1. The van der Waals surface area contributed by atoms with Gasteiger partial charge in [0.1, 0.15) is 11.6 Å². The van der Waals surface area contributed by atoms with Crippen LogP contribution < -0.4 is 5.32 Å². The third-order valence-electron chi connectivity index (χ3n) is 4.52. The number of aromatic nitrogens is 3. The number of fused-ring (bicyclic) bond motifs is 1. The SMILES string of the molecule is Cc1nc(N[C@H](C)c2cccc(C(F)(F)F)c2C)c2cc(Br)c(C(F)(F)F)nc2n1. The minimum absolute atomic E-state index is 0.0544. The van der Waals surface area contributed by atoms with E-state index < -0.39 is 29.7 Å². The van der Waals surface area contributed by atoms with Crippen LogP contribution in [-0.2, 0) is 12.4 Å². The van der Waals surface area contributed by atoms with Crippen LogP contribution in [0.2, 0.25) is 0 Å². The van der Waals surface area contributed by atoms with E-state index in [1.54, 1.807) is 13.0 Å². The van der Waals surface area contributed by atoms with Crippen LogP contribution >= 0.6 is 15.9 Å². The fourth-order valence-corrected chi connectivity index (χ4v) is 3.70. The Kier molecular flexibility index (Phi) is 5.70. The quantitative estimate of drug-likeness (QED) is 0.417. The molecular weight excluding hydrogens is 478 g/mol. The molecule has 2 heterocycles. The van der Waals surface area contributed by atoms with Crippen LogP contribution in [0.5, 0.6) is 0 Å². The highest BCUT2D eigenvalue weighted by Gasteiger charge is 2.36. The van der Waals surface area contributed by atoms with E-state index in [-0.39, 0.29) is 32.7 Å². The van der Waals surface area contributed by atoms with E-state index in [0.717, 1.165) is 6.07 Å². The number of halogens is 7. The van der Waals surface area contributed by atoms with Gasteiger partial charge < -0.3 is 5.32 Å². The lowest BCUT2D eigenvalue weighted by molar-refractivity contribution is -0.141. The third kappa shape index (κ3) is 4.35. The monoisotopic (exact) mass is 492 g/mol. The highest BCUT2D eigenvalue weighted by atomic mass is 79.9. The fraction of sp³-hybridized carbons (Fsp3) is 0.316. The first-order valence-corrected chi connectivity index (χ1v) is 9.43. The molecule has 0 radical (unpaired) electrons. The summed E-state index contributed by atoms with van der Waals surface area (Å²) in [6.45, 7) is 4.49. The van der Waals surface area contributed by atoms with E-state index in [1.165, 1.54) is 26.0 Å². The van der Waals surface area contributed by atoms with Crippen molar-refractivity contribution in [2.24, 2.45) is 0 Å². The summed E-state index contributed by atoms with van der Waals surface area (Å²) in [5.74, 6) is 0.338. The number of benzene rings is 1. The van der Waals surface area contributed by atoms with Crippen molar-refractivity contribution >= 4 is 32.8 Å². The van der Waals surface area contributed by atoms with Crippen LogP contribution in [0.3, 0.4) is 0 Å². The topological polar surface area (TPSA) is 50.7 Å². The van der Waals surface area contributed by atoms with Crippen LogP contribution in [-0.4, -0.2) is 15.0 Å². The Labute approximate surface area is 175 Å². The number of alkyl halides is 6. The molecule has 0 aliphatic rings. The van der Waals surface area contributed by atoms with Gasteiger partial charge in [0.25, 0.3) is 0 Å². The molecule has 0 spiro atoms. The zero-order valence-electron chi connectivity index (χ0n) is 15.9. The van der Waals surface area contributed by atoms with E-state index in [0.29, 0.717) is 5.56 Å². The Morgan fingerprint density at radius 2 is 1.63 bits per heavy atom.